The normalized spacial score (nSPS) is 14.1. The van der Waals surface area contributed by atoms with E-state index in [4.69, 9.17) is 0 Å². The van der Waals surface area contributed by atoms with E-state index in [9.17, 15) is 0 Å². The van der Waals surface area contributed by atoms with E-state index in [0.717, 1.165) is 12.8 Å². The summed E-state index contributed by atoms with van der Waals surface area (Å²) in [6.07, 6.45) is 6.74. The molecule has 0 fully saturated rings. The number of hydrogen-bond acceptors (Lipinski definition) is 0. The molecule has 0 unspecified atom stereocenters. The molecule has 0 amide bonds. The maximum absolute atomic E-state index is 2.56. The second kappa shape index (κ2) is 15.0. The molecule has 2 heterocycles. The first-order chi connectivity index (χ1) is 32.5. The largest absolute Gasteiger partial charge is 0.313 e. The number of para-hydroxylation sites is 1. The predicted octanol–water partition coefficient (Wildman–Crippen LogP) is 17.0. The quantitative estimate of drug-likeness (QED) is 0.151. The molecule has 13 rings (SSSR count). The number of nitrogens with zero attached hydrogens (tertiary/aromatic N) is 2. The molecule has 0 bridgehead atoms. The first-order valence-electron chi connectivity index (χ1n) is 23.2. The zero-order chi connectivity index (χ0) is 44.0. The van der Waals surface area contributed by atoms with E-state index in [1.165, 1.54) is 108 Å². The number of hydrogen-bond donors (Lipinski definition) is 0. The summed E-state index contributed by atoms with van der Waals surface area (Å²) in [6.45, 7) is 4.73. The lowest BCUT2D eigenvalue weighted by molar-refractivity contribution is 0.660. The molecule has 9 aromatic carbocycles. The van der Waals surface area contributed by atoms with Crippen molar-refractivity contribution < 1.29 is 0 Å². The minimum atomic E-state index is -1.84. The van der Waals surface area contributed by atoms with Gasteiger partial charge in [-0.2, -0.15) is 0 Å². The maximum atomic E-state index is 2.56. The molecular weight excluding hydrogens is 817 g/mol. The van der Waals surface area contributed by atoms with Gasteiger partial charge in [0.2, 0.25) is 0 Å². The van der Waals surface area contributed by atoms with Gasteiger partial charge in [-0.25, -0.2) is 0 Å². The molecule has 0 N–H and O–H groups in total. The van der Waals surface area contributed by atoms with Crippen LogP contribution in [0.3, 0.4) is 0 Å². The molecule has 0 saturated heterocycles. The average Bonchev–Trinajstić information content (AvgIpc) is 3.97. The Morgan fingerprint density at radius 1 is 0.409 bits per heavy atom. The summed E-state index contributed by atoms with van der Waals surface area (Å²) in [6, 6.07) is 82.0. The van der Waals surface area contributed by atoms with E-state index in [1.807, 2.05) is 0 Å². The van der Waals surface area contributed by atoms with Crippen LogP contribution in [0.25, 0.3) is 72.4 Å². The van der Waals surface area contributed by atoms with Crippen molar-refractivity contribution in [3.63, 3.8) is 0 Å². The van der Waals surface area contributed by atoms with E-state index in [2.05, 4.69) is 254 Å². The SMILES string of the molecule is CC1(C)c2ccccc2-c2ccc(-n3c4ccccc4c4cc(-c5ccc6c(c5)c5c(n6-c6cccc(S(c7ccccc7)(c7ccccc7)c7ccccc7)c6)CCC=C5)ccc43)cc21. The summed E-state index contributed by atoms with van der Waals surface area (Å²) >= 11 is 0. The molecule has 0 saturated carbocycles. The third-order valence-corrected chi connectivity index (χ3v) is 18.4. The highest BCUT2D eigenvalue weighted by atomic mass is 32.3. The molecule has 2 aliphatic rings. The van der Waals surface area contributed by atoms with Crippen LogP contribution in [0.1, 0.15) is 42.7 Å². The average molecular weight is 865 g/mol. The molecular formula is C63H48N2S. The highest BCUT2D eigenvalue weighted by molar-refractivity contribution is 8.34. The molecule has 0 atom stereocenters. The summed E-state index contributed by atoms with van der Waals surface area (Å²) in [5, 5.41) is 3.83. The van der Waals surface area contributed by atoms with Gasteiger partial charge in [-0.05, 0) is 143 Å². The first kappa shape index (κ1) is 38.8. The van der Waals surface area contributed by atoms with Crippen LogP contribution in [-0.4, -0.2) is 9.13 Å². The third kappa shape index (κ3) is 5.69. The molecule has 316 valence electrons. The Balaban J connectivity index is 0.953. The number of allylic oxidation sites excluding steroid dienone is 1. The van der Waals surface area contributed by atoms with E-state index in [-0.39, 0.29) is 5.41 Å². The fourth-order valence-electron chi connectivity index (χ4n) is 11.5. The van der Waals surface area contributed by atoms with Gasteiger partial charge >= 0.3 is 0 Å². The fraction of sp³-hybridized carbons (Fsp3) is 0.0794. The lowest BCUT2D eigenvalue weighted by atomic mass is 9.82. The summed E-state index contributed by atoms with van der Waals surface area (Å²) in [4.78, 5) is 5.31. The van der Waals surface area contributed by atoms with Gasteiger partial charge in [-0.1, -0.05) is 147 Å². The van der Waals surface area contributed by atoms with Crippen LogP contribution in [0, 0.1) is 0 Å². The van der Waals surface area contributed by atoms with Crippen LogP contribution in [0.5, 0.6) is 0 Å². The molecule has 2 nitrogen and oxygen atoms in total. The minimum Gasteiger partial charge on any atom is -0.313 e. The highest BCUT2D eigenvalue weighted by Crippen LogP contribution is 2.73. The third-order valence-electron chi connectivity index (χ3n) is 14.5. The molecule has 0 radical (unpaired) electrons. The van der Waals surface area contributed by atoms with Gasteiger partial charge in [0.15, 0.2) is 0 Å². The Kier molecular flexibility index (Phi) is 8.82. The van der Waals surface area contributed by atoms with E-state index in [0.29, 0.717) is 0 Å². The number of benzene rings is 9. The molecule has 3 heteroatoms. The standard InChI is InChI=1S/C63H48N2S/c1-63(2)57-30-15-12-27-51(57)52-36-35-46(42-58(52)63)65-60-32-17-14-29-54(60)56-40-44(34-38-62(56)65)43-33-37-61-55(39-43)53-28-13-16-31-59(53)64(61)45-19-18-26-50(41-45)66(47-20-6-3-7-21-47,48-22-8-4-9-23-48)49-24-10-5-11-25-49/h3-15,17-30,32-42H,16,31H2,1-2H3. The predicted molar refractivity (Wildman–Crippen MR) is 278 cm³/mol. The lowest BCUT2D eigenvalue weighted by Crippen LogP contribution is -2.15. The zero-order valence-corrected chi connectivity index (χ0v) is 38.0. The fourth-order valence-corrected chi connectivity index (χ4v) is 15.4. The smallest absolute Gasteiger partial charge is 0.0541 e. The highest BCUT2D eigenvalue weighted by Gasteiger charge is 2.36. The van der Waals surface area contributed by atoms with Gasteiger partial charge in [0.1, 0.15) is 0 Å². The van der Waals surface area contributed by atoms with Gasteiger partial charge in [-0.3, -0.25) is 0 Å². The van der Waals surface area contributed by atoms with Crippen LogP contribution in [0.2, 0.25) is 0 Å². The zero-order valence-electron chi connectivity index (χ0n) is 37.2. The Hall–Kier alpha value is -7.59. The molecule has 2 aliphatic carbocycles. The van der Waals surface area contributed by atoms with Crippen molar-refractivity contribution in [3.8, 4) is 33.6 Å². The number of rotatable bonds is 7. The molecule has 11 aromatic rings. The minimum absolute atomic E-state index is 0.0687. The van der Waals surface area contributed by atoms with Crippen LogP contribution in [0.4, 0.5) is 0 Å². The summed E-state index contributed by atoms with van der Waals surface area (Å²) in [5.41, 5.74) is 16.7. The lowest BCUT2D eigenvalue weighted by Gasteiger charge is -2.42. The van der Waals surface area contributed by atoms with Crippen molar-refractivity contribution in [3.05, 3.63) is 247 Å². The van der Waals surface area contributed by atoms with Gasteiger partial charge in [0, 0.05) is 63.8 Å². The summed E-state index contributed by atoms with van der Waals surface area (Å²) in [7, 11) is -1.84. The summed E-state index contributed by atoms with van der Waals surface area (Å²) in [5.74, 6) is 0. The van der Waals surface area contributed by atoms with Crippen molar-refractivity contribution in [2.75, 3.05) is 0 Å². The van der Waals surface area contributed by atoms with Crippen molar-refractivity contribution in [2.24, 2.45) is 0 Å². The van der Waals surface area contributed by atoms with Crippen molar-refractivity contribution in [2.45, 2.75) is 51.7 Å². The molecule has 0 spiro atoms. The Morgan fingerprint density at radius 3 is 1.68 bits per heavy atom. The Labute approximate surface area is 388 Å². The first-order valence-corrected chi connectivity index (χ1v) is 24.8. The van der Waals surface area contributed by atoms with Crippen molar-refractivity contribution in [1.82, 2.24) is 9.13 Å². The van der Waals surface area contributed by atoms with Crippen LogP contribution in [0.15, 0.2) is 244 Å². The van der Waals surface area contributed by atoms with E-state index < -0.39 is 10.0 Å². The molecule has 2 aromatic heterocycles. The number of fused-ring (bicyclic) bond motifs is 9. The second-order valence-electron chi connectivity index (χ2n) is 18.4. The molecule has 0 aliphatic heterocycles. The number of aromatic nitrogens is 2. The summed E-state index contributed by atoms with van der Waals surface area (Å²) < 4.78 is 5.02. The van der Waals surface area contributed by atoms with Crippen molar-refractivity contribution >= 4 is 48.8 Å². The monoisotopic (exact) mass is 864 g/mol. The maximum Gasteiger partial charge on any atom is 0.0541 e. The van der Waals surface area contributed by atoms with Gasteiger partial charge < -0.3 is 9.13 Å². The van der Waals surface area contributed by atoms with Gasteiger partial charge in [-0.15, -0.1) is 10.0 Å². The van der Waals surface area contributed by atoms with E-state index >= 15 is 0 Å². The van der Waals surface area contributed by atoms with Gasteiger partial charge in [0.05, 0.1) is 16.6 Å². The van der Waals surface area contributed by atoms with Crippen molar-refractivity contribution in [1.29, 1.82) is 0 Å². The Morgan fingerprint density at radius 2 is 0.970 bits per heavy atom. The van der Waals surface area contributed by atoms with Crippen LogP contribution >= 0.6 is 10.0 Å². The second-order valence-corrected chi connectivity index (χ2v) is 21.5. The van der Waals surface area contributed by atoms with Crippen LogP contribution in [-0.2, 0) is 11.8 Å². The van der Waals surface area contributed by atoms with Crippen LogP contribution < -0.4 is 0 Å². The Bertz CT molecular complexity index is 3620. The van der Waals surface area contributed by atoms with Gasteiger partial charge in [0.25, 0.3) is 0 Å². The molecule has 66 heavy (non-hydrogen) atoms. The topological polar surface area (TPSA) is 9.86 Å². The van der Waals surface area contributed by atoms with E-state index in [1.54, 1.807) is 0 Å².